The van der Waals surface area contributed by atoms with Crippen LogP contribution in [0.4, 0.5) is 0 Å². The Morgan fingerprint density at radius 1 is 1.31 bits per heavy atom. The van der Waals surface area contributed by atoms with E-state index in [9.17, 15) is 4.79 Å². The monoisotopic (exact) mass is 230 g/mol. The van der Waals surface area contributed by atoms with Gasteiger partial charge >= 0.3 is 5.97 Å². The van der Waals surface area contributed by atoms with Crippen LogP contribution in [0, 0.1) is 0 Å². The minimum absolute atomic E-state index is 0.347. The van der Waals surface area contributed by atoms with Crippen LogP contribution in [0.3, 0.4) is 0 Å². The second-order valence-electron chi connectivity index (χ2n) is 3.72. The lowest BCUT2D eigenvalue weighted by atomic mass is 10.4. The van der Waals surface area contributed by atoms with Gasteiger partial charge in [-0.3, -0.25) is 0 Å². The van der Waals surface area contributed by atoms with Crippen LogP contribution in [0.2, 0.25) is 0 Å². The normalized spacial score (nSPS) is 25.1. The summed E-state index contributed by atoms with van der Waals surface area (Å²) in [6.07, 6.45) is 0.785. The van der Waals surface area contributed by atoms with Gasteiger partial charge in [-0.15, -0.1) is 0 Å². The average Bonchev–Trinajstić information content (AvgIpc) is 3.11. The first-order valence-electron chi connectivity index (χ1n) is 5.18. The highest BCUT2D eigenvalue weighted by molar-refractivity contribution is 5.86. The van der Waals surface area contributed by atoms with Gasteiger partial charge in [-0.05, 0) is 6.92 Å². The fraction of sp³-hybridized carbons (Fsp3) is 0.727. The standard InChI is InChI=1S/C6H10O3.C5H8O2/c1(5-3-8-5)7-2-6-4-9-6;1-4(2)5(6)7-3/h5-6H,1-4H2;1H2,2-3H3. The van der Waals surface area contributed by atoms with Gasteiger partial charge in [0, 0.05) is 5.57 Å². The van der Waals surface area contributed by atoms with E-state index < -0.39 is 0 Å². The van der Waals surface area contributed by atoms with Crippen molar-refractivity contribution in [3.8, 4) is 0 Å². The largest absolute Gasteiger partial charge is 0.466 e. The molecule has 2 atom stereocenters. The van der Waals surface area contributed by atoms with Crippen LogP contribution in [0.5, 0.6) is 0 Å². The predicted molar refractivity (Wildman–Crippen MR) is 57.1 cm³/mol. The summed E-state index contributed by atoms with van der Waals surface area (Å²) in [7, 11) is 1.33. The van der Waals surface area contributed by atoms with Gasteiger partial charge in [0.2, 0.25) is 0 Å². The van der Waals surface area contributed by atoms with Crippen LogP contribution in [0.25, 0.3) is 0 Å². The number of hydrogen-bond acceptors (Lipinski definition) is 5. The number of epoxide rings is 2. The highest BCUT2D eigenvalue weighted by Crippen LogP contribution is 2.12. The van der Waals surface area contributed by atoms with Gasteiger partial charge in [0.1, 0.15) is 12.2 Å². The Morgan fingerprint density at radius 2 is 1.75 bits per heavy atom. The molecule has 0 N–H and O–H groups in total. The highest BCUT2D eigenvalue weighted by atomic mass is 16.6. The maximum atomic E-state index is 10.2. The number of hydrogen-bond donors (Lipinski definition) is 0. The summed E-state index contributed by atoms with van der Waals surface area (Å²) in [5, 5.41) is 0. The van der Waals surface area contributed by atoms with Crippen molar-refractivity contribution in [2.24, 2.45) is 0 Å². The third-order valence-electron chi connectivity index (χ3n) is 1.95. The minimum atomic E-state index is -0.347. The molecule has 2 fully saturated rings. The average molecular weight is 230 g/mol. The van der Waals surface area contributed by atoms with E-state index in [1.807, 2.05) is 0 Å². The Hall–Kier alpha value is -0.910. The summed E-state index contributed by atoms with van der Waals surface area (Å²) in [5.74, 6) is -0.347. The van der Waals surface area contributed by atoms with Crippen molar-refractivity contribution >= 4 is 5.97 Å². The van der Waals surface area contributed by atoms with Crippen LogP contribution < -0.4 is 0 Å². The third kappa shape index (κ3) is 6.55. The predicted octanol–water partition coefficient (Wildman–Crippen LogP) is 0.536. The van der Waals surface area contributed by atoms with Gasteiger partial charge in [0.15, 0.2) is 0 Å². The van der Waals surface area contributed by atoms with Crippen LogP contribution in [-0.2, 0) is 23.7 Å². The Bertz CT molecular complexity index is 231. The molecule has 2 rings (SSSR count). The molecule has 0 radical (unpaired) electrons. The molecule has 0 aliphatic carbocycles. The molecule has 2 heterocycles. The quantitative estimate of drug-likeness (QED) is 0.392. The van der Waals surface area contributed by atoms with Crippen LogP contribution in [0.1, 0.15) is 6.92 Å². The number of methoxy groups -OCH3 is 1. The van der Waals surface area contributed by atoms with E-state index in [-0.39, 0.29) is 5.97 Å². The molecule has 2 aliphatic heterocycles. The number of carbonyl (C=O) groups excluding carboxylic acids is 1. The summed E-state index contributed by atoms with van der Waals surface area (Å²) in [6.45, 7) is 8.22. The SMILES string of the molecule is C(OCC1CO1)C1CO1.C=C(C)C(=O)OC. The first-order chi connectivity index (χ1) is 7.63. The number of rotatable bonds is 5. The molecule has 0 spiro atoms. The first-order valence-corrected chi connectivity index (χ1v) is 5.18. The van der Waals surface area contributed by atoms with Gasteiger partial charge in [0.05, 0.1) is 33.5 Å². The van der Waals surface area contributed by atoms with Crippen LogP contribution in [-0.4, -0.2) is 51.7 Å². The lowest BCUT2D eigenvalue weighted by molar-refractivity contribution is -0.136. The second kappa shape index (κ2) is 6.62. The summed E-state index contributed by atoms with van der Waals surface area (Å²) in [4.78, 5) is 10.2. The summed E-state index contributed by atoms with van der Waals surface area (Å²) in [6, 6.07) is 0. The maximum Gasteiger partial charge on any atom is 0.332 e. The minimum Gasteiger partial charge on any atom is -0.466 e. The van der Waals surface area contributed by atoms with Gasteiger partial charge in [-0.1, -0.05) is 6.58 Å². The Kier molecular flexibility index (Phi) is 5.45. The van der Waals surface area contributed by atoms with Gasteiger partial charge in [0.25, 0.3) is 0 Å². The van der Waals surface area contributed by atoms with Gasteiger partial charge in [-0.2, -0.15) is 0 Å². The van der Waals surface area contributed by atoms with E-state index in [0.29, 0.717) is 17.8 Å². The fourth-order valence-corrected chi connectivity index (χ4v) is 0.834. The molecule has 0 aromatic rings. The molecule has 92 valence electrons. The highest BCUT2D eigenvalue weighted by Gasteiger charge is 2.26. The molecule has 0 aromatic carbocycles. The molecule has 2 unspecified atom stereocenters. The summed E-state index contributed by atoms with van der Waals surface area (Å²) < 4.78 is 19.4. The zero-order valence-electron chi connectivity index (χ0n) is 9.73. The van der Waals surface area contributed by atoms with E-state index in [2.05, 4.69) is 11.3 Å². The van der Waals surface area contributed by atoms with Crippen molar-refractivity contribution in [3.63, 3.8) is 0 Å². The molecular weight excluding hydrogens is 212 g/mol. The van der Waals surface area contributed by atoms with Crippen molar-refractivity contribution in [3.05, 3.63) is 12.2 Å². The van der Waals surface area contributed by atoms with E-state index in [0.717, 1.165) is 26.4 Å². The zero-order chi connectivity index (χ0) is 12.0. The van der Waals surface area contributed by atoms with Crippen LogP contribution in [0.15, 0.2) is 12.2 Å². The fourth-order valence-electron chi connectivity index (χ4n) is 0.834. The molecule has 2 saturated heterocycles. The van der Waals surface area contributed by atoms with Crippen LogP contribution >= 0.6 is 0 Å². The molecule has 0 bridgehead atoms. The van der Waals surface area contributed by atoms with E-state index in [4.69, 9.17) is 14.2 Å². The van der Waals surface area contributed by atoms with Crippen molar-refractivity contribution < 1.29 is 23.7 Å². The third-order valence-corrected chi connectivity index (χ3v) is 1.95. The van der Waals surface area contributed by atoms with Crippen molar-refractivity contribution in [2.45, 2.75) is 19.1 Å². The smallest absolute Gasteiger partial charge is 0.332 e. The van der Waals surface area contributed by atoms with Gasteiger partial charge < -0.3 is 18.9 Å². The number of carbonyl (C=O) groups is 1. The Morgan fingerprint density at radius 3 is 1.94 bits per heavy atom. The van der Waals surface area contributed by atoms with Crippen molar-refractivity contribution in [1.82, 2.24) is 0 Å². The topological polar surface area (TPSA) is 60.6 Å². The molecule has 5 nitrogen and oxygen atoms in total. The van der Waals surface area contributed by atoms with Crippen molar-refractivity contribution in [1.29, 1.82) is 0 Å². The van der Waals surface area contributed by atoms with E-state index in [1.165, 1.54) is 7.11 Å². The molecule has 0 saturated carbocycles. The van der Waals surface area contributed by atoms with E-state index in [1.54, 1.807) is 6.92 Å². The molecule has 5 heteroatoms. The summed E-state index contributed by atoms with van der Waals surface area (Å²) in [5.41, 5.74) is 0.433. The Labute approximate surface area is 95.3 Å². The van der Waals surface area contributed by atoms with Crippen molar-refractivity contribution in [2.75, 3.05) is 33.5 Å². The lowest BCUT2D eigenvalue weighted by Gasteiger charge is -1.95. The van der Waals surface area contributed by atoms with E-state index >= 15 is 0 Å². The summed E-state index contributed by atoms with van der Waals surface area (Å²) >= 11 is 0. The molecule has 16 heavy (non-hydrogen) atoms. The Balaban J connectivity index is 0.000000168. The first kappa shape index (κ1) is 13.2. The van der Waals surface area contributed by atoms with Gasteiger partial charge in [-0.25, -0.2) is 4.79 Å². The molecular formula is C11H18O5. The molecule has 2 aliphatic rings. The molecule has 0 amide bonds. The maximum absolute atomic E-state index is 10.2. The zero-order valence-corrected chi connectivity index (χ0v) is 9.73. The number of esters is 1. The molecule has 0 aromatic heterocycles. The lowest BCUT2D eigenvalue weighted by Crippen LogP contribution is -2.06. The number of ether oxygens (including phenoxy) is 4. The second-order valence-corrected chi connectivity index (χ2v) is 3.72.